The average Bonchev–Trinajstić information content (AvgIpc) is 3.18. The largest absolute Gasteiger partial charge is 0.472 e. The minimum atomic E-state index is -0.00523. The third kappa shape index (κ3) is 3.24. The number of rotatable bonds is 5. The maximum absolute atomic E-state index is 12.6. The minimum absolute atomic E-state index is 0.00523. The molecule has 116 valence electrons. The summed E-state index contributed by atoms with van der Waals surface area (Å²) >= 11 is 1.18. The number of likely N-dealkylation sites (tertiary alicyclic amines) is 1. The van der Waals surface area contributed by atoms with E-state index in [1.807, 2.05) is 23.1 Å². The monoisotopic (exact) mass is 318 g/mol. The number of hydrogen-bond donors (Lipinski definition) is 0. The van der Waals surface area contributed by atoms with Gasteiger partial charge in [0.25, 0.3) is 5.91 Å². The van der Waals surface area contributed by atoms with Gasteiger partial charge in [-0.2, -0.15) is 0 Å². The molecule has 0 N–H and O–H groups in total. The van der Waals surface area contributed by atoms with Crippen LogP contribution in [0, 0.1) is 0 Å². The quantitative estimate of drug-likeness (QED) is 0.845. The van der Waals surface area contributed by atoms with Gasteiger partial charge in [0, 0.05) is 25.2 Å². The standard InChI is InChI=1S/C15H18N4O2S/c1-2-5-12-14(22-18-17-12)15(20)19-9-7-11(10-19)21-13-6-3-4-8-16-13/h3-4,6,8,11H,2,5,7,9-10H2,1H3. The zero-order chi connectivity index (χ0) is 15.4. The highest BCUT2D eigenvalue weighted by atomic mass is 32.1. The summed E-state index contributed by atoms with van der Waals surface area (Å²) in [7, 11) is 0. The lowest BCUT2D eigenvalue weighted by Gasteiger charge is -2.16. The van der Waals surface area contributed by atoms with Crippen LogP contribution in [-0.4, -0.2) is 44.6 Å². The molecule has 7 heteroatoms. The van der Waals surface area contributed by atoms with Crippen molar-refractivity contribution in [3.8, 4) is 5.88 Å². The van der Waals surface area contributed by atoms with Crippen molar-refractivity contribution >= 4 is 17.4 Å². The fourth-order valence-electron chi connectivity index (χ4n) is 2.51. The van der Waals surface area contributed by atoms with Crippen LogP contribution < -0.4 is 4.74 Å². The second-order valence-corrected chi connectivity index (χ2v) is 6.00. The smallest absolute Gasteiger partial charge is 0.267 e. The Hall–Kier alpha value is -2.02. The number of carbonyl (C=O) groups is 1. The molecule has 0 radical (unpaired) electrons. The lowest BCUT2D eigenvalue weighted by atomic mass is 10.2. The van der Waals surface area contributed by atoms with Gasteiger partial charge >= 0.3 is 0 Å². The molecule has 1 saturated heterocycles. The molecule has 3 heterocycles. The molecule has 2 aromatic rings. The van der Waals surface area contributed by atoms with Gasteiger partial charge in [-0.1, -0.05) is 23.9 Å². The fourth-order valence-corrected chi connectivity index (χ4v) is 3.19. The van der Waals surface area contributed by atoms with Crippen LogP contribution in [0.3, 0.4) is 0 Å². The molecule has 1 aliphatic heterocycles. The van der Waals surface area contributed by atoms with Gasteiger partial charge < -0.3 is 9.64 Å². The number of carbonyl (C=O) groups excluding carboxylic acids is 1. The van der Waals surface area contributed by atoms with Gasteiger partial charge in [-0.15, -0.1) is 5.10 Å². The van der Waals surface area contributed by atoms with Gasteiger partial charge in [-0.25, -0.2) is 4.98 Å². The van der Waals surface area contributed by atoms with Gasteiger partial charge in [0.15, 0.2) is 0 Å². The molecule has 1 fully saturated rings. The lowest BCUT2D eigenvalue weighted by Crippen LogP contribution is -2.31. The van der Waals surface area contributed by atoms with Gasteiger partial charge in [-0.05, 0) is 24.0 Å². The third-order valence-electron chi connectivity index (χ3n) is 3.59. The van der Waals surface area contributed by atoms with Gasteiger partial charge in [0.05, 0.1) is 12.2 Å². The van der Waals surface area contributed by atoms with E-state index in [4.69, 9.17) is 4.74 Å². The van der Waals surface area contributed by atoms with E-state index < -0.39 is 0 Å². The highest BCUT2D eigenvalue weighted by Crippen LogP contribution is 2.21. The summed E-state index contributed by atoms with van der Waals surface area (Å²) in [5, 5.41) is 4.06. The molecule has 1 amide bonds. The van der Waals surface area contributed by atoms with Crippen LogP contribution in [0.25, 0.3) is 0 Å². The predicted octanol–water partition coefficient (Wildman–Crippen LogP) is 2.18. The summed E-state index contributed by atoms with van der Waals surface area (Å²) in [6, 6.07) is 5.57. The first kappa shape index (κ1) is 14.9. The van der Waals surface area contributed by atoms with Crippen molar-refractivity contribution < 1.29 is 9.53 Å². The van der Waals surface area contributed by atoms with Crippen molar-refractivity contribution in [2.45, 2.75) is 32.3 Å². The number of nitrogens with zero attached hydrogens (tertiary/aromatic N) is 4. The van der Waals surface area contributed by atoms with Crippen LogP contribution in [0.4, 0.5) is 0 Å². The molecule has 2 aromatic heterocycles. The highest BCUT2D eigenvalue weighted by molar-refractivity contribution is 7.08. The summed E-state index contributed by atoms with van der Waals surface area (Å²) in [6.45, 7) is 3.35. The summed E-state index contributed by atoms with van der Waals surface area (Å²) in [6.07, 6.45) is 4.26. The van der Waals surface area contributed by atoms with E-state index in [2.05, 4.69) is 21.5 Å². The van der Waals surface area contributed by atoms with Crippen LogP contribution in [0.2, 0.25) is 0 Å². The van der Waals surface area contributed by atoms with Crippen molar-refractivity contribution in [2.24, 2.45) is 0 Å². The van der Waals surface area contributed by atoms with Crippen LogP contribution in [0.15, 0.2) is 24.4 Å². The molecule has 0 aromatic carbocycles. The second-order valence-electron chi connectivity index (χ2n) is 5.25. The summed E-state index contributed by atoms with van der Waals surface area (Å²) < 4.78 is 9.74. The first-order valence-electron chi connectivity index (χ1n) is 7.46. The number of aryl methyl sites for hydroxylation is 1. The fraction of sp³-hybridized carbons (Fsp3) is 0.467. The summed E-state index contributed by atoms with van der Waals surface area (Å²) in [5.41, 5.74) is 0.812. The van der Waals surface area contributed by atoms with Gasteiger partial charge in [-0.3, -0.25) is 4.79 Å². The Kier molecular flexibility index (Phi) is 4.62. The average molecular weight is 318 g/mol. The normalized spacial score (nSPS) is 17.7. The van der Waals surface area contributed by atoms with E-state index in [0.717, 1.165) is 25.0 Å². The molecule has 1 atom stereocenters. The Morgan fingerprint density at radius 1 is 1.50 bits per heavy atom. The third-order valence-corrected chi connectivity index (χ3v) is 4.35. The van der Waals surface area contributed by atoms with Gasteiger partial charge in [0.2, 0.25) is 5.88 Å². The molecular formula is C15H18N4O2S. The first-order chi connectivity index (χ1) is 10.8. The molecule has 22 heavy (non-hydrogen) atoms. The van der Waals surface area contributed by atoms with E-state index >= 15 is 0 Å². The van der Waals surface area contributed by atoms with Crippen LogP contribution >= 0.6 is 11.5 Å². The summed E-state index contributed by atoms with van der Waals surface area (Å²) in [4.78, 5) is 19.2. The molecule has 0 spiro atoms. The maximum atomic E-state index is 12.6. The molecule has 0 bridgehead atoms. The van der Waals surface area contributed by atoms with Gasteiger partial charge in [0.1, 0.15) is 11.0 Å². The molecule has 6 nitrogen and oxygen atoms in total. The van der Waals surface area contributed by atoms with Crippen LogP contribution in [0.1, 0.15) is 35.1 Å². The summed E-state index contributed by atoms with van der Waals surface area (Å²) in [5.74, 6) is 0.624. The minimum Gasteiger partial charge on any atom is -0.472 e. The Bertz CT molecular complexity index is 631. The number of ether oxygens (including phenoxy) is 1. The van der Waals surface area contributed by atoms with E-state index in [1.165, 1.54) is 11.5 Å². The Balaban J connectivity index is 1.62. The predicted molar refractivity (Wildman–Crippen MR) is 83.1 cm³/mol. The van der Waals surface area contributed by atoms with Crippen LogP contribution in [0.5, 0.6) is 5.88 Å². The number of aromatic nitrogens is 3. The van der Waals surface area contributed by atoms with E-state index in [1.54, 1.807) is 6.20 Å². The molecule has 3 rings (SSSR count). The van der Waals surface area contributed by atoms with E-state index in [9.17, 15) is 4.79 Å². The number of pyridine rings is 1. The zero-order valence-corrected chi connectivity index (χ0v) is 13.3. The molecular weight excluding hydrogens is 300 g/mol. The Morgan fingerprint density at radius 2 is 2.41 bits per heavy atom. The molecule has 0 aliphatic carbocycles. The zero-order valence-electron chi connectivity index (χ0n) is 12.4. The van der Waals surface area contributed by atoms with Crippen molar-refractivity contribution in [1.82, 2.24) is 19.5 Å². The topological polar surface area (TPSA) is 68.2 Å². The van der Waals surface area contributed by atoms with E-state index in [0.29, 0.717) is 23.8 Å². The second kappa shape index (κ2) is 6.83. The van der Waals surface area contributed by atoms with Crippen molar-refractivity contribution in [3.05, 3.63) is 35.0 Å². The first-order valence-corrected chi connectivity index (χ1v) is 8.23. The maximum Gasteiger partial charge on any atom is 0.267 e. The highest BCUT2D eigenvalue weighted by Gasteiger charge is 2.30. The number of hydrogen-bond acceptors (Lipinski definition) is 6. The van der Waals surface area contributed by atoms with Crippen molar-refractivity contribution in [3.63, 3.8) is 0 Å². The SMILES string of the molecule is CCCc1nnsc1C(=O)N1CCC(Oc2ccccn2)C1. The van der Waals surface area contributed by atoms with E-state index in [-0.39, 0.29) is 12.0 Å². The molecule has 0 saturated carbocycles. The van der Waals surface area contributed by atoms with Crippen LogP contribution in [-0.2, 0) is 6.42 Å². The Labute approximate surface area is 133 Å². The Morgan fingerprint density at radius 3 is 3.18 bits per heavy atom. The van der Waals surface area contributed by atoms with Crippen molar-refractivity contribution in [2.75, 3.05) is 13.1 Å². The van der Waals surface area contributed by atoms with Crippen molar-refractivity contribution in [1.29, 1.82) is 0 Å². The molecule has 1 aliphatic rings. The molecule has 1 unspecified atom stereocenters. The lowest BCUT2D eigenvalue weighted by molar-refractivity contribution is 0.0774. The number of amides is 1.